The van der Waals surface area contributed by atoms with Gasteiger partial charge in [-0.05, 0) is 37.1 Å². The summed E-state index contributed by atoms with van der Waals surface area (Å²) < 4.78 is 0. The zero-order valence-electron chi connectivity index (χ0n) is 14.9. The summed E-state index contributed by atoms with van der Waals surface area (Å²) in [6, 6.07) is 16.3. The minimum absolute atomic E-state index is 0.0292. The van der Waals surface area contributed by atoms with E-state index in [-0.39, 0.29) is 30.3 Å². The standard InChI is InChI=1S/C21H21N3O3/c25-19(22-16-6-2-1-3-7-16)15-10-12-23(13-11-15)14-24-20(26)17-8-4-5-9-18(17)21(24)27/h1-9,15H,10-14H2,(H,22,25). The van der Waals surface area contributed by atoms with Crippen molar-refractivity contribution in [3.63, 3.8) is 0 Å². The Bertz CT molecular complexity index is 838. The van der Waals surface area contributed by atoms with Crippen LogP contribution in [0.1, 0.15) is 33.6 Å². The third-order valence-corrected chi connectivity index (χ3v) is 5.22. The number of hydrogen-bond donors (Lipinski definition) is 1. The zero-order chi connectivity index (χ0) is 18.8. The average Bonchev–Trinajstić information content (AvgIpc) is 2.94. The van der Waals surface area contributed by atoms with Crippen molar-refractivity contribution >= 4 is 23.4 Å². The molecule has 4 rings (SSSR count). The Kier molecular flexibility index (Phi) is 4.73. The van der Waals surface area contributed by atoms with E-state index >= 15 is 0 Å². The number of rotatable bonds is 4. The van der Waals surface area contributed by atoms with E-state index in [1.165, 1.54) is 4.90 Å². The Balaban J connectivity index is 1.32. The molecule has 1 N–H and O–H groups in total. The lowest BCUT2D eigenvalue weighted by atomic mass is 9.96. The van der Waals surface area contributed by atoms with Gasteiger partial charge in [0.1, 0.15) is 0 Å². The molecular formula is C21H21N3O3. The highest BCUT2D eigenvalue weighted by Crippen LogP contribution is 2.25. The van der Waals surface area contributed by atoms with Crippen LogP contribution in [0.3, 0.4) is 0 Å². The van der Waals surface area contributed by atoms with E-state index < -0.39 is 0 Å². The number of imide groups is 1. The third kappa shape index (κ3) is 3.48. The number of para-hydroxylation sites is 1. The average molecular weight is 363 g/mol. The quantitative estimate of drug-likeness (QED) is 0.848. The van der Waals surface area contributed by atoms with Crippen molar-refractivity contribution in [3.05, 3.63) is 65.7 Å². The van der Waals surface area contributed by atoms with Crippen molar-refractivity contribution in [2.24, 2.45) is 5.92 Å². The van der Waals surface area contributed by atoms with Crippen molar-refractivity contribution in [2.75, 3.05) is 25.1 Å². The molecule has 0 spiro atoms. The first-order valence-corrected chi connectivity index (χ1v) is 9.17. The van der Waals surface area contributed by atoms with Gasteiger partial charge >= 0.3 is 0 Å². The smallest absolute Gasteiger partial charge is 0.262 e. The van der Waals surface area contributed by atoms with Crippen LogP contribution in [0.25, 0.3) is 0 Å². The number of anilines is 1. The number of carbonyl (C=O) groups is 3. The normalized spacial score (nSPS) is 17.9. The van der Waals surface area contributed by atoms with Gasteiger partial charge in [-0.2, -0.15) is 0 Å². The number of carbonyl (C=O) groups excluding carboxylic acids is 3. The number of likely N-dealkylation sites (tertiary alicyclic amines) is 1. The van der Waals surface area contributed by atoms with Gasteiger partial charge in [-0.1, -0.05) is 30.3 Å². The molecule has 6 nitrogen and oxygen atoms in total. The SMILES string of the molecule is O=C(Nc1ccccc1)C1CCN(CN2C(=O)c3ccccc3C2=O)CC1. The molecule has 2 aromatic carbocycles. The highest BCUT2D eigenvalue weighted by atomic mass is 16.2. The van der Waals surface area contributed by atoms with E-state index in [4.69, 9.17) is 0 Å². The fraction of sp³-hybridized carbons (Fsp3) is 0.286. The molecule has 0 atom stereocenters. The van der Waals surface area contributed by atoms with Crippen LogP contribution >= 0.6 is 0 Å². The summed E-state index contributed by atoms with van der Waals surface area (Å²) in [5.41, 5.74) is 1.75. The second-order valence-corrected chi connectivity index (χ2v) is 6.97. The largest absolute Gasteiger partial charge is 0.326 e. The van der Waals surface area contributed by atoms with E-state index in [1.54, 1.807) is 24.3 Å². The molecule has 3 amide bonds. The highest BCUT2D eigenvalue weighted by Gasteiger charge is 2.37. The van der Waals surface area contributed by atoms with Gasteiger partial charge < -0.3 is 5.32 Å². The minimum atomic E-state index is -0.237. The molecule has 1 saturated heterocycles. The molecule has 2 heterocycles. The molecule has 0 aliphatic carbocycles. The predicted octanol–water partition coefficient (Wildman–Crippen LogP) is 2.59. The highest BCUT2D eigenvalue weighted by molar-refractivity contribution is 6.21. The number of hydrogen-bond acceptors (Lipinski definition) is 4. The zero-order valence-corrected chi connectivity index (χ0v) is 14.9. The fourth-order valence-electron chi connectivity index (χ4n) is 3.67. The van der Waals surface area contributed by atoms with Crippen molar-refractivity contribution in [2.45, 2.75) is 12.8 Å². The van der Waals surface area contributed by atoms with E-state index in [1.807, 2.05) is 30.3 Å². The van der Waals surface area contributed by atoms with Crippen LogP contribution in [-0.4, -0.2) is 47.3 Å². The molecule has 0 aromatic heterocycles. The van der Waals surface area contributed by atoms with E-state index in [9.17, 15) is 14.4 Å². The van der Waals surface area contributed by atoms with Crippen LogP contribution in [0, 0.1) is 5.92 Å². The summed E-state index contributed by atoms with van der Waals surface area (Å²) in [6.07, 6.45) is 1.42. The maximum atomic E-state index is 12.5. The second kappa shape index (κ2) is 7.32. The van der Waals surface area contributed by atoms with Gasteiger partial charge in [0.25, 0.3) is 11.8 Å². The monoisotopic (exact) mass is 363 g/mol. The molecule has 138 valence electrons. The molecule has 0 unspecified atom stereocenters. The Morgan fingerprint density at radius 2 is 1.44 bits per heavy atom. The molecule has 1 fully saturated rings. The van der Waals surface area contributed by atoms with Crippen LogP contribution in [-0.2, 0) is 4.79 Å². The first-order valence-electron chi connectivity index (χ1n) is 9.17. The van der Waals surface area contributed by atoms with Gasteiger partial charge in [0.15, 0.2) is 0 Å². The molecule has 2 aliphatic rings. The summed E-state index contributed by atoms with van der Waals surface area (Å²) in [6.45, 7) is 1.64. The Hall–Kier alpha value is -2.99. The number of fused-ring (bicyclic) bond motifs is 1. The third-order valence-electron chi connectivity index (χ3n) is 5.22. The van der Waals surface area contributed by atoms with Gasteiger partial charge in [-0.3, -0.25) is 24.2 Å². The van der Waals surface area contributed by atoms with Crippen molar-refractivity contribution in [3.8, 4) is 0 Å². The van der Waals surface area contributed by atoms with Crippen molar-refractivity contribution < 1.29 is 14.4 Å². The lowest BCUT2D eigenvalue weighted by Crippen LogP contribution is -2.46. The predicted molar refractivity (Wildman–Crippen MR) is 101 cm³/mol. The molecular weight excluding hydrogens is 342 g/mol. The number of amides is 3. The fourth-order valence-corrected chi connectivity index (χ4v) is 3.67. The lowest BCUT2D eigenvalue weighted by molar-refractivity contribution is -0.121. The Labute approximate surface area is 157 Å². The molecule has 2 aliphatic heterocycles. The van der Waals surface area contributed by atoms with E-state index in [0.29, 0.717) is 37.1 Å². The topological polar surface area (TPSA) is 69.7 Å². The van der Waals surface area contributed by atoms with Gasteiger partial charge in [-0.15, -0.1) is 0 Å². The Morgan fingerprint density at radius 1 is 0.889 bits per heavy atom. The molecule has 6 heteroatoms. The molecule has 0 saturated carbocycles. The number of nitrogens with zero attached hydrogens (tertiary/aromatic N) is 2. The lowest BCUT2D eigenvalue weighted by Gasteiger charge is -2.33. The maximum Gasteiger partial charge on any atom is 0.262 e. The van der Waals surface area contributed by atoms with Gasteiger partial charge in [-0.25, -0.2) is 0 Å². The number of nitrogens with one attached hydrogen (secondary N) is 1. The van der Waals surface area contributed by atoms with E-state index in [0.717, 1.165) is 5.69 Å². The molecule has 2 aromatic rings. The maximum absolute atomic E-state index is 12.5. The van der Waals surface area contributed by atoms with Crippen molar-refractivity contribution in [1.29, 1.82) is 0 Å². The summed E-state index contributed by atoms with van der Waals surface area (Å²) in [4.78, 5) is 40.7. The second-order valence-electron chi connectivity index (χ2n) is 6.97. The summed E-state index contributed by atoms with van der Waals surface area (Å²) in [5, 5.41) is 2.95. The number of benzene rings is 2. The van der Waals surface area contributed by atoms with Gasteiger partial charge in [0.2, 0.25) is 5.91 Å². The minimum Gasteiger partial charge on any atom is -0.326 e. The van der Waals surface area contributed by atoms with Crippen LogP contribution < -0.4 is 5.32 Å². The molecule has 0 bridgehead atoms. The number of piperidine rings is 1. The van der Waals surface area contributed by atoms with Crippen LogP contribution in [0.15, 0.2) is 54.6 Å². The Morgan fingerprint density at radius 3 is 2.04 bits per heavy atom. The molecule has 0 radical (unpaired) electrons. The van der Waals surface area contributed by atoms with Crippen molar-refractivity contribution in [1.82, 2.24) is 9.80 Å². The van der Waals surface area contributed by atoms with Crippen LogP contribution in [0.2, 0.25) is 0 Å². The van der Waals surface area contributed by atoms with Crippen LogP contribution in [0.5, 0.6) is 0 Å². The first-order chi connectivity index (χ1) is 13.1. The van der Waals surface area contributed by atoms with Gasteiger partial charge in [0.05, 0.1) is 17.8 Å². The summed E-state index contributed by atoms with van der Waals surface area (Å²) >= 11 is 0. The van der Waals surface area contributed by atoms with Gasteiger partial charge in [0, 0.05) is 24.7 Å². The molecule has 27 heavy (non-hydrogen) atoms. The first kappa shape index (κ1) is 17.4. The summed E-state index contributed by atoms with van der Waals surface area (Å²) in [7, 11) is 0. The van der Waals surface area contributed by atoms with Crippen LogP contribution in [0.4, 0.5) is 5.69 Å². The summed E-state index contributed by atoms with van der Waals surface area (Å²) in [5.74, 6) is -0.496. The van der Waals surface area contributed by atoms with E-state index in [2.05, 4.69) is 10.2 Å².